The van der Waals surface area contributed by atoms with Gasteiger partial charge in [-0.3, -0.25) is 4.79 Å². The minimum atomic E-state index is -0.349. The van der Waals surface area contributed by atoms with E-state index < -0.39 is 0 Å². The van der Waals surface area contributed by atoms with Gasteiger partial charge in [0.1, 0.15) is 11.4 Å². The molecule has 2 rings (SSSR count). The summed E-state index contributed by atoms with van der Waals surface area (Å²) in [7, 11) is 0. The zero-order valence-corrected chi connectivity index (χ0v) is 12.3. The highest BCUT2D eigenvalue weighted by atomic mass is 16.5. The highest BCUT2D eigenvalue weighted by Gasteiger charge is 2.12. The molecule has 0 aliphatic rings. The van der Waals surface area contributed by atoms with Crippen LogP contribution in [0.25, 0.3) is 0 Å². The van der Waals surface area contributed by atoms with E-state index in [1.54, 1.807) is 0 Å². The molecule has 6 heteroatoms. The Morgan fingerprint density at radius 2 is 1.90 bits per heavy atom. The third-order valence-electron chi connectivity index (χ3n) is 2.49. The number of nitrogens with zero attached hydrogens (tertiary/aromatic N) is 3. The van der Waals surface area contributed by atoms with E-state index in [0.717, 1.165) is 11.3 Å². The Morgan fingerprint density at radius 1 is 1.19 bits per heavy atom. The smallest absolute Gasteiger partial charge is 0.291 e. The topological polar surface area (TPSA) is 77.0 Å². The summed E-state index contributed by atoms with van der Waals surface area (Å²) in [5.74, 6) is 0.511. The van der Waals surface area contributed by atoms with E-state index in [1.165, 1.54) is 12.4 Å². The Labute approximate surface area is 123 Å². The van der Waals surface area contributed by atoms with Crippen LogP contribution in [0.3, 0.4) is 0 Å². The highest BCUT2D eigenvalue weighted by molar-refractivity contribution is 5.90. The molecule has 0 saturated heterocycles. The standard InChI is InChI=1S/C15H18N4O2/c1-15(2,3)21-12-6-4-11(5-7-12)10-17-14(20)13-16-8-9-18-19-13/h4-9H,10H2,1-3H3,(H,17,20). The molecule has 1 aromatic heterocycles. The average Bonchev–Trinajstić information content (AvgIpc) is 2.45. The van der Waals surface area contributed by atoms with Crippen molar-refractivity contribution < 1.29 is 9.53 Å². The van der Waals surface area contributed by atoms with Crippen molar-refractivity contribution in [2.45, 2.75) is 32.9 Å². The van der Waals surface area contributed by atoms with Crippen LogP contribution in [0.2, 0.25) is 0 Å². The molecule has 110 valence electrons. The maximum atomic E-state index is 11.8. The fourth-order valence-corrected chi connectivity index (χ4v) is 1.64. The Bertz CT molecular complexity index is 591. The largest absolute Gasteiger partial charge is 0.488 e. The fraction of sp³-hybridized carbons (Fsp3) is 0.333. The van der Waals surface area contributed by atoms with E-state index in [4.69, 9.17) is 4.74 Å². The van der Waals surface area contributed by atoms with Gasteiger partial charge in [-0.25, -0.2) is 4.98 Å². The SMILES string of the molecule is CC(C)(C)Oc1ccc(CNC(=O)c2nccnn2)cc1. The van der Waals surface area contributed by atoms with E-state index in [-0.39, 0.29) is 17.3 Å². The van der Waals surface area contributed by atoms with Crippen LogP contribution in [-0.4, -0.2) is 26.7 Å². The molecule has 1 aromatic carbocycles. The zero-order chi connectivity index (χ0) is 15.3. The van der Waals surface area contributed by atoms with E-state index in [1.807, 2.05) is 45.0 Å². The molecule has 0 aliphatic heterocycles. The van der Waals surface area contributed by atoms with Gasteiger partial charge in [0.25, 0.3) is 5.91 Å². The van der Waals surface area contributed by atoms with Crippen LogP contribution in [-0.2, 0) is 6.54 Å². The quantitative estimate of drug-likeness (QED) is 0.930. The fourth-order valence-electron chi connectivity index (χ4n) is 1.64. The molecular weight excluding hydrogens is 268 g/mol. The molecule has 2 aromatic rings. The van der Waals surface area contributed by atoms with Gasteiger partial charge >= 0.3 is 0 Å². The number of hydrogen-bond acceptors (Lipinski definition) is 5. The number of rotatable bonds is 4. The third kappa shape index (κ3) is 4.83. The molecule has 21 heavy (non-hydrogen) atoms. The molecule has 1 heterocycles. The van der Waals surface area contributed by atoms with Crippen molar-refractivity contribution in [2.75, 3.05) is 0 Å². The molecule has 0 radical (unpaired) electrons. The summed E-state index contributed by atoms with van der Waals surface area (Å²) in [5, 5.41) is 10.0. The number of hydrogen-bond donors (Lipinski definition) is 1. The number of nitrogens with one attached hydrogen (secondary N) is 1. The van der Waals surface area contributed by atoms with Crippen LogP contribution in [0, 0.1) is 0 Å². The Balaban J connectivity index is 1.91. The van der Waals surface area contributed by atoms with E-state index in [9.17, 15) is 4.79 Å². The molecular formula is C15H18N4O2. The molecule has 0 bridgehead atoms. The van der Waals surface area contributed by atoms with Gasteiger partial charge in [-0.05, 0) is 38.5 Å². The molecule has 1 N–H and O–H groups in total. The van der Waals surface area contributed by atoms with Crippen molar-refractivity contribution in [3.63, 3.8) is 0 Å². The summed E-state index contributed by atoms with van der Waals surface area (Å²) in [6.45, 7) is 6.38. The Hall–Kier alpha value is -2.50. The summed E-state index contributed by atoms with van der Waals surface area (Å²) >= 11 is 0. The average molecular weight is 286 g/mol. The van der Waals surface area contributed by atoms with Crippen molar-refractivity contribution in [1.29, 1.82) is 0 Å². The maximum Gasteiger partial charge on any atom is 0.291 e. The molecule has 0 fully saturated rings. The zero-order valence-electron chi connectivity index (χ0n) is 12.3. The second-order valence-corrected chi connectivity index (χ2v) is 5.51. The Morgan fingerprint density at radius 3 is 2.48 bits per heavy atom. The highest BCUT2D eigenvalue weighted by Crippen LogP contribution is 2.18. The lowest BCUT2D eigenvalue weighted by molar-refractivity contribution is 0.0939. The number of ether oxygens (including phenoxy) is 1. The van der Waals surface area contributed by atoms with Crippen LogP contribution in [0.15, 0.2) is 36.7 Å². The van der Waals surface area contributed by atoms with E-state index in [0.29, 0.717) is 6.54 Å². The third-order valence-corrected chi connectivity index (χ3v) is 2.49. The molecule has 0 atom stereocenters. The summed E-state index contributed by atoms with van der Waals surface area (Å²) in [5.41, 5.74) is 0.737. The van der Waals surface area contributed by atoms with Gasteiger partial charge in [-0.15, -0.1) is 5.10 Å². The number of aromatic nitrogens is 3. The number of benzene rings is 1. The summed E-state index contributed by atoms with van der Waals surface area (Å²) < 4.78 is 5.74. The number of carbonyl (C=O) groups excluding carboxylic acids is 1. The monoisotopic (exact) mass is 286 g/mol. The van der Waals surface area contributed by atoms with Crippen LogP contribution in [0.1, 0.15) is 37.0 Å². The first-order valence-corrected chi connectivity index (χ1v) is 6.64. The minimum absolute atomic E-state index is 0.0604. The van der Waals surface area contributed by atoms with Gasteiger partial charge in [-0.1, -0.05) is 12.1 Å². The lowest BCUT2D eigenvalue weighted by atomic mass is 10.1. The van der Waals surface area contributed by atoms with Crippen molar-refractivity contribution >= 4 is 5.91 Å². The van der Waals surface area contributed by atoms with Gasteiger partial charge in [0.15, 0.2) is 0 Å². The molecule has 6 nitrogen and oxygen atoms in total. The van der Waals surface area contributed by atoms with Gasteiger partial charge < -0.3 is 10.1 Å². The first kappa shape index (κ1) is 14.9. The van der Waals surface area contributed by atoms with Gasteiger partial charge in [0, 0.05) is 12.7 Å². The molecule has 0 unspecified atom stereocenters. The van der Waals surface area contributed by atoms with Gasteiger partial charge in [-0.2, -0.15) is 5.10 Å². The Kier molecular flexibility index (Phi) is 4.47. The molecule has 0 saturated carbocycles. The second kappa shape index (κ2) is 6.30. The maximum absolute atomic E-state index is 11.8. The van der Waals surface area contributed by atoms with Gasteiger partial charge in [0.2, 0.25) is 5.82 Å². The van der Waals surface area contributed by atoms with Crippen molar-refractivity contribution in [1.82, 2.24) is 20.5 Å². The number of carbonyl (C=O) groups is 1. The lowest BCUT2D eigenvalue weighted by Gasteiger charge is -2.21. The second-order valence-electron chi connectivity index (χ2n) is 5.51. The summed E-state index contributed by atoms with van der Waals surface area (Å²) in [6.07, 6.45) is 2.85. The predicted molar refractivity (Wildman–Crippen MR) is 77.8 cm³/mol. The molecule has 1 amide bonds. The van der Waals surface area contributed by atoms with Crippen molar-refractivity contribution in [3.05, 3.63) is 48.0 Å². The molecule has 0 aliphatic carbocycles. The van der Waals surface area contributed by atoms with Gasteiger partial charge in [0.05, 0.1) is 6.20 Å². The number of amides is 1. The van der Waals surface area contributed by atoms with Crippen LogP contribution in [0.4, 0.5) is 0 Å². The lowest BCUT2D eigenvalue weighted by Crippen LogP contribution is -2.25. The first-order valence-electron chi connectivity index (χ1n) is 6.64. The van der Waals surface area contributed by atoms with E-state index >= 15 is 0 Å². The minimum Gasteiger partial charge on any atom is -0.488 e. The van der Waals surface area contributed by atoms with E-state index in [2.05, 4.69) is 20.5 Å². The van der Waals surface area contributed by atoms with Crippen molar-refractivity contribution in [3.8, 4) is 5.75 Å². The van der Waals surface area contributed by atoms with Crippen LogP contribution in [0.5, 0.6) is 5.75 Å². The van der Waals surface area contributed by atoms with Crippen LogP contribution >= 0.6 is 0 Å². The summed E-state index contributed by atoms with van der Waals surface area (Å²) in [4.78, 5) is 15.6. The van der Waals surface area contributed by atoms with Crippen LogP contribution < -0.4 is 10.1 Å². The van der Waals surface area contributed by atoms with Crippen molar-refractivity contribution in [2.24, 2.45) is 0 Å². The predicted octanol–water partition coefficient (Wildman–Crippen LogP) is 1.98. The molecule has 0 spiro atoms. The summed E-state index contributed by atoms with van der Waals surface area (Å²) in [6, 6.07) is 7.58. The first-order chi connectivity index (χ1) is 9.94. The normalized spacial score (nSPS) is 11.0.